The molecule has 3 unspecified atom stereocenters. The van der Waals surface area contributed by atoms with Crippen LogP contribution in [0.3, 0.4) is 0 Å². The average Bonchev–Trinajstić information content (AvgIpc) is 2.66. The van der Waals surface area contributed by atoms with Gasteiger partial charge in [0.25, 0.3) is 0 Å². The Kier molecular flexibility index (Phi) is 11.0. The molecule has 0 bridgehead atoms. The zero-order chi connectivity index (χ0) is 16.6. The summed E-state index contributed by atoms with van der Waals surface area (Å²) >= 11 is 0. The molecule has 0 aromatic heterocycles. The molecule has 130 valence electrons. The molecule has 0 spiro atoms. The second kappa shape index (κ2) is 10.5. The molecule has 3 atom stereocenters. The van der Waals surface area contributed by atoms with E-state index in [9.17, 15) is 14.4 Å². The summed E-state index contributed by atoms with van der Waals surface area (Å²) in [6.07, 6.45) is 4.61. The highest BCUT2D eigenvalue weighted by Crippen LogP contribution is 2.34. The van der Waals surface area contributed by atoms with Gasteiger partial charge in [-0.3, -0.25) is 14.9 Å². The van der Waals surface area contributed by atoms with Crippen LogP contribution in [-0.2, 0) is 14.4 Å². The molecule has 1 heterocycles. The van der Waals surface area contributed by atoms with Gasteiger partial charge in [-0.05, 0) is 24.7 Å². The number of rotatable bonds is 6. The van der Waals surface area contributed by atoms with E-state index in [1.807, 2.05) is 0 Å². The second-order valence-electron chi connectivity index (χ2n) is 6.78. The van der Waals surface area contributed by atoms with Gasteiger partial charge in [0, 0.05) is 18.8 Å². The summed E-state index contributed by atoms with van der Waals surface area (Å²) in [5, 5.41) is 2.19. The van der Waals surface area contributed by atoms with Gasteiger partial charge in [0.1, 0.15) is 5.78 Å². The molecule has 2 amide bonds. The Labute approximate surface area is 134 Å². The molecule has 0 aliphatic carbocycles. The van der Waals surface area contributed by atoms with Crippen molar-refractivity contribution in [2.45, 2.75) is 73.6 Å². The molecule has 1 fully saturated rings. The van der Waals surface area contributed by atoms with Gasteiger partial charge in [0.2, 0.25) is 11.8 Å². The fourth-order valence-electron chi connectivity index (χ4n) is 2.61. The normalized spacial score (nSPS) is 20.9. The van der Waals surface area contributed by atoms with E-state index in [4.69, 9.17) is 0 Å². The Morgan fingerprint density at radius 3 is 2.14 bits per heavy atom. The van der Waals surface area contributed by atoms with Crippen LogP contribution in [0.1, 0.15) is 73.6 Å². The predicted molar refractivity (Wildman–Crippen MR) is 88.3 cm³/mol. The van der Waals surface area contributed by atoms with Gasteiger partial charge in [0.15, 0.2) is 0 Å². The summed E-state index contributed by atoms with van der Waals surface area (Å²) in [5.74, 6) is 0.664. The van der Waals surface area contributed by atoms with E-state index in [1.54, 1.807) is 13.8 Å². The van der Waals surface area contributed by atoms with E-state index in [2.05, 4.69) is 33.0 Å². The quantitative estimate of drug-likeness (QED) is 0.763. The van der Waals surface area contributed by atoms with Crippen molar-refractivity contribution in [2.24, 2.45) is 17.3 Å². The first-order valence-corrected chi connectivity index (χ1v) is 7.96. The SMILES string of the molecule is CC1CC(=O)NC1=O.CCC(C)CC(C)(CC)CC(C)=O.O. The van der Waals surface area contributed by atoms with Crippen LogP contribution in [0.2, 0.25) is 0 Å². The van der Waals surface area contributed by atoms with E-state index in [1.165, 1.54) is 12.8 Å². The first-order valence-electron chi connectivity index (χ1n) is 7.96. The molecule has 1 rings (SSSR count). The van der Waals surface area contributed by atoms with Gasteiger partial charge < -0.3 is 10.3 Å². The molecule has 5 nitrogen and oxygen atoms in total. The summed E-state index contributed by atoms with van der Waals surface area (Å²) in [6, 6.07) is 0. The van der Waals surface area contributed by atoms with Crippen molar-refractivity contribution in [1.29, 1.82) is 0 Å². The minimum Gasteiger partial charge on any atom is -0.412 e. The monoisotopic (exact) mass is 315 g/mol. The number of carbonyl (C=O) groups excluding carboxylic acids is 3. The maximum atomic E-state index is 11.1. The third kappa shape index (κ3) is 8.93. The fourth-order valence-corrected chi connectivity index (χ4v) is 2.61. The van der Waals surface area contributed by atoms with Crippen LogP contribution in [0, 0.1) is 17.3 Å². The number of nitrogens with one attached hydrogen (secondary N) is 1. The fraction of sp³-hybridized carbons (Fsp3) is 0.824. The van der Waals surface area contributed by atoms with Gasteiger partial charge in [-0.15, -0.1) is 0 Å². The highest BCUT2D eigenvalue weighted by molar-refractivity contribution is 6.03. The summed E-state index contributed by atoms with van der Waals surface area (Å²) in [5.41, 5.74) is 0.237. The highest BCUT2D eigenvalue weighted by atomic mass is 16.2. The summed E-state index contributed by atoms with van der Waals surface area (Å²) in [6.45, 7) is 12.3. The number of ketones is 1. The highest BCUT2D eigenvalue weighted by Gasteiger charge is 2.26. The number of hydrogen-bond acceptors (Lipinski definition) is 3. The van der Waals surface area contributed by atoms with Crippen LogP contribution in [0.4, 0.5) is 0 Å². The van der Waals surface area contributed by atoms with Gasteiger partial charge in [-0.1, -0.05) is 47.5 Å². The minimum absolute atomic E-state index is 0. The molecule has 5 heteroatoms. The Balaban J connectivity index is 0. The third-order valence-corrected chi connectivity index (χ3v) is 4.27. The largest absolute Gasteiger partial charge is 0.412 e. The summed E-state index contributed by atoms with van der Waals surface area (Å²) < 4.78 is 0. The first-order chi connectivity index (χ1) is 9.63. The Morgan fingerprint density at radius 2 is 1.91 bits per heavy atom. The van der Waals surface area contributed by atoms with Crippen molar-refractivity contribution in [3.05, 3.63) is 0 Å². The molecular formula is C17H33NO4. The van der Waals surface area contributed by atoms with E-state index < -0.39 is 0 Å². The Hall–Kier alpha value is -1.23. The molecule has 1 saturated heterocycles. The van der Waals surface area contributed by atoms with E-state index in [0.29, 0.717) is 12.2 Å². The summed E-state index contributed by atoms with van der Waals surface area (Å²) in [4.78, 5) is 31.9. The molecule has 3 N–H and O–H groups in total. The van der Waals surface area contributed by atoms with Gasteiger partial charge in [-0.2, -0.15) is 0 Å². The second-order valence-corrected chi connectivity index (χ2v) is 6.78. The van der Waals surface area contributed by atoms with Crippen molar-refractivity contribution < 1.29 is 19.9 Å². The van der Waals surface area contributed by atoms with Crippen LogP contribution in [0.15, 0.2) is 0 Å². The van der Waals surface area contributed by atoms with Crippen LogP contribution in [0.5, 0.6) is 0 Å². The lowest BCUT2D eigenvalue weighted by Crippen LogP contribution is -2.21. The molecule has 0 saturated carbocycles. The van der Waals surface area contributed by atoms with Crippen molar-refractivity contribution in [1.82, 2.24) is 5.32 Å². The van der Waals surface area contributed by atoms with E-state index in [-0.39, 0.29) is 28.6 Å². The van der Waals surface area contributed by atoms with Crippen LogP contribution >= 0.6 is 0 Å². The van der Waals surface area contributed by atoms with Crippen molar-refractivity contribution in [3.63, 3.8) is 0 Å². The lowest BCUT2D eigenvalue weighted by molar-refractivity contribution is -0.125. The molecule has 0 aromatic carbocycles. The number of amides is 2. The summed E-state index contributed by atoms with van der Waals surface area (Å²) in [7, 11) is 0. The zero-order valence-corrected chi connectivity index (χ0v) is 14.9. The maximum Gasteiger partial charge on any atom is 0.229 e. The Morgan fingerprint density at radius 1 is 1.36 bits per heavy atom. The molecule has 22 heavy (non-hydrogen) atoms. The average molecular weight is 315 g/mol. The molecule has 0 aromatic rings. The Bertz CT molecular complexity index is 381. The number of Topliss-reactive ketones (excluding diaryl/α,β-unsaturated/α-hetero) is 1. The third-order valence-electron chi connectivity index (χ3n) is 4.27. The molecule has 1 aliphatic rings. The standard InChI is InChI=1S/C12H24O.C5H7NO2.H2O/c1-6-10(3)8-12(5,7-2)9-11(4)13;1-3-2-4(7)6-5(3)8;/h10H,6-9H2,1-5H3;3H,2H2,1H3,(H,6,7,8);1H2. The smallest absolute Gasteiger partial charge is 0.229 e. The number of carbonyl (C=O) groups is 3. The number of hydrogen-bond donors (Lipinski definition) is 1. The van der Waals surface area contributed by atoms with Gasteiger partial charge in [0.05, 0.1) is 0 Å². The van der Waals surface area contributed by atoms with E-state index >= 15 is 0 Å². The van der Waals surface area contributed by atoms with Gasteiger partial charge >= 0.3 is 0 Å². The molecular weight excluding hydrogens is 282 g/mol. The molecule has 1 aliphatic heterocycles. The van der Waals surface area contributed by atoms with Gasteiger partial charge in [-0.25, -0.2) is 0 Å². The topological polar surface area (TPSA) is 94.7 Å². The van der Waals surface area contributed by atoms with Crippen molar-refractivity contribution >= 4 is 17.6 Å². The first kappa shape index (κ1) is 23.0. The molecule has 0 radical (unpaired) electrons. The minimum atomic E-state index is -0.150. The van der Waals surface area contributed by atoms with Crippen molar-refractivity contribution in [3.8, 4) is 0 Å². The van der Waals surface area contributed by atoms with Crippen LogP contribution in [0.25, 0.3) is 0 Å². The zero-order valence-electron chi connectivity index (χ0n) is 14.9. The lowest BCUT2D eigenvalue weighted by Gasteiger charge is -2.29. The van der Waals surface area contributed by atoms with Crippen LogP contribution in [-0.4, -0.2) is 23.1 Å². The maximum absolute atomic E-state index is 11.1. The van der Waals surface area contributed by atoms with Crippen molar-refractivity contribution in [2.75, 3.05) is 0 Å². The number of imide groups is 1. The lowest BCUT2D eigenvalue weighted by atomic mass is 9.75. The predicted octanol–water partition coefficient (Wildman–Crippen LogP) is 2.66. The van der Waals surface area contributed by atoms with E-state index in [0.717, 1.165) is 18.8 Å². The van der Waals surface area contributed by atoms with Crippen LogP contribution < -0.4 is 5.32 Å².